The van der Waals surface area contributed by atoms with Crippen LogP contribution in [0.4, 0.5) is 5.69 Å². The Labute approximate surface area is 105 Å². The highest BCUT2D eigenvalue weighted by molar-refractivity contribution is 9.10. The molecule has 1 aromatic carbocycles. The molecule has 0 amide bonds. The lowest BCUT2D eigenvalue weighted by molar-refractivity contribution is 0.212. The van der Waals surface area contributed by atoms with Gasteiger partial charge in [-0.3, -0.25) is 4.90 Å². The molecule has 3 rings (SSSR count). The molecule has 86 valence electrons. The molecule has 16 heavy (non-hydrogen) atoms. The normalized spacial score (nSPS) is 29.8. The molecular formula is C13H17BrN2. The maximum absolute atomic E-state index is 3.49. The molecule has 0 aromatic heterocycles. The first-order chi connectivity index (χ1) is 7.74. The standard InChI is InChI=1S/C13H17BrN2/c1-15-12-6-7-13(15)9-16(8-12)11-4-2-10(14)3-5-11/h2-5,12-13H,6-9H2,1H3. The SMILES string of the molecule is CN1C2CCC1CN(c1ccc(Br)cc1)C2. The average molecular weight is 281 g/mol. The Morgan fingerprint density at radius 3 is 2.19 bits per heavy atom. The topological polar surface area (TPSA) is 6.48 Å². The third kappa shape index (κ3) is 1.76. The van der Waals surface area contributed by atoms with Crippen LogP contribution in [0.1, 0.15) is 12.8 Å². The first-order valence-electron chi connectivity index (χ1n) is 5.96. The minimum atomic E-state index is 0.766. The second-order valence-electron chi connectivity index (χ2n) is 4.93. The molecule has 2 heterocycles. The average Bonchev–Trinajstić information content (AvgIpc) is 2.54. The Bertz CT molecular complexity index is 362. The van der Waals surface area contributed by atoms with Gasteiger partial charge >= 0.3 is 0 Å². The van der Waals surface area contributed by atoms with Crippen molar-refractivity contribution in [3.05, 3.63) is 28.7 Å². The van der Waals surface area contributed by atoms with Crippen LogP contribution in [0.25, 0.3) is 0 Å². The van der Waals surface area contributed by atoms with Gasteiger partial charge in [-0.1, -0.05) is 15.9 Å². The maximum atomic E-state index is 3.49. The van der Waals surface area contributed by atoms with E-state index in [-0.39, 0.29) is 0 Å². The highest BCUT2D eigenvalue weighted by Gasteiger charge is 2.37. The van der Waals surface area contributed by atoms with E-state index in [1.807, 2.05) is 0 Å². The molecule has 2 atom stereocenters. The van der Waals surface area contributed by atoms with E-state index in [9.17, 15) is 0 Å². The highest BCUT2D eigenvalue weighted by Crippen LogP contribution is 2.31. The van der Waals surface area contributed by atoms with Crippen LogP contribution in [-0.2, 0) is 0 Å². The molecule has 3 heteroatoms. The Hall–Kier alpha value is -0.540. The van der Waals surface area contributed by atoms with Crippen molar-refractivity contribution in [3.63, 3.8) is 0 Å². The Balaban J connectivity index is 1.80. The summed E-state index contributed by atoms with van der Waals surface area (Å²) >= 11 is 3.49. The van der Waals surface area contributed by atoms with E-state index >= 15 is 0 Å². The third-order valence-electron chi connectivity index (χ3n) is 4.04. The van der Waals surface area contributed by atoms with Crippen molar-refractivity contribution < 1.29 is 0 Å². The summed E-state index contributed by atoms with van der Waals surface area (Å²) in [5.74, 6) is 0. The van der Waals surface area contributed by atoms with Crippen LogP contribution in [0, 0.1) is 0 Å². The molecule has 2 aliphatic rings. The molecule has 2 bridgehead atoms. The number of halogens is 1. The van der Waals surface area contributed by atoms with Crippen LogP contribution in [0.5, 0.6) is 0 Å². The van der Waals surface area contributed by atoms with Crippen LogP contribution in [-0.4, -0.2) is 37.1 Å². The number of hydrogen-bond donors (Lipinski definition) is 0. The molecule has 2 fully saturated rings. The summed E-state index contributed by atoms with van der Waals surface area (Å²) in [6.45, 7) is 2.38. The summed E-state index contributed by atoms with van der Waals surface area (Å²) in [7, 11) is 2.28. The van der Waals surface area contributed by atoms with Crippen molar-refractivity contribution in [1.29, 1.82) is 0 Å². The molecule has 2 saturated heterocycles. The van der Waals surface area contributed by atoms with E-state index in [2.05, 4.69) is 57.0 Å². The molecule has 0 saturated carbocycles. The van der Waals surface area contributed by atoms with E-state index < -0.39 is 0 Å². The van der Waals surface area contributed by atoms with Crippen LogP contribution < -0.4 is 4.90 Å². The number of piperazine rings is 1. The van der Waals surface area contributed by atoms with Gasteiger partial charge in [0.15, 0.2) is 0 Å². The number of benzene rings is 1. The second-order valence-corrected chi connectivity index (χ2v) is 5.85. The lowest BCUT2D eigenvalue weighted by Gasteiger charge is -2.40. The van der Waals surface area contributed by atoms with Gasteiger partial charge in [0.1, 0.15) is 0 Å². The van der Waals surface area contributed by atoms with Gasteiger partial charge in [0, 0.05) is 35.3 Å². The third-order valence-corrected chi connectivity index (χ3v) is 4.57. The predicted octanol–water partition coefficient (Wildman–Crippen LogP) is 2.73. The summed E-state index contributed by atoms with van der Waals surface area (Å²) in [5, 5.41) is 0. The smallest absolute Gasteiger partial charge is 0.0368 e. The van der Waals surface area contributed by atoms with Crippen molar-refractivity contribution in [1.82, 2.24) is 4.90 Å². The minimum absolute atomic E-state index is 0.766. The molecule has 0 radical (unpaired) electrons. The van der Waals surface area contributed by atoms with Crippen molar-refractivity contribution in [2.45, 2.75) is 24.9 Å². The van der Waals surface area contributed by atoms with E-state index in [1.54, 1.807) is 0 Å². The minimum Gasteiger partial charge on any atom is -0.368 e. The van der Waals surface area contributed by atoms with Gasteiger partial charge < -0.3 is 4.90 Å². The lowest BCUT2D eigenvalue weighted by Crippen LogP contribution is -2.51. The van der Waals surface area contributed by atoms with E-state index in [4.69, 9.17) is 0 Å². The summed E-state index contributed by atoms with van der Waals surface area (Å²) < 4.78 is 1.16. The van der Waals surface area contributed by atoms with Gasteiger partial charge in [-0.25, -0.2) is 0 Å². The molecule has 2 unspecified atom stereocenters. The van der Waals surface area contributed by atoms with Gasteiger partial charge in [-0.15, -0.1) is 0 Å². The fraction of sp³-hybridized carbons (Fsp3) is 0.538. The summed E-state index contributed by atoms with van der Waals surface area (Å²) in [6, 6.07) is 10.2. The number of fused-ring (bicyclic) bond motifs is 2. The maximum Gasteiger partial charge on any atom is 0.0368 e. The fourth-order valence-electron chi connectivity index (χ4n) is 2.98. The number of nitrogens with zero attached hydrogens (tertiary/aromatic N) is 2. The van der Waals surface area contributed by atoms with E-state index in [1.165, 1.54) is 31.6 Å². The van der Waals surface area contributed by atoms with Gasteiger partial charge in [-0.2, -0.15) is 0 Å². The Morgan fingerprint density at radius 1 is 1.06 bits per heavy atom. The Kier molecular flexibility index (Phi) is 2.68. The van der Waals surface area contributed by atoms with Crippen LogP contribution in [0.3, 0.4) is 0 Å². The van der Waals surface area contributed by atoms with Gasteiger partial charge in [0.25, 0.3) is 0 Å². The molecule has 0 aliphatic carbocycles. The van der Waals surface area contributed by atoms with Crippen LogP contribution in [0.2, 0.25) is 0 Å². The summed E-state index contributed by atoms with van der Waals surface area (Å²) in [6.07, 6.45) is 2.74. The number of hydrogen-bond acceptors (Lipinski definition) is 2. The lowest BCUT2D eigenvalue weighted by atomic mass is 10.2. The quantitative estimate of drug-likeness (QED) is 0.781. The van der Waals surface area contributed by atoms with Gasteiger partial charge in [-0.05, 0) is 44.2 Å². The fourth-order valence-corrected chi connectivity index (χ4v) is 3.24. The van der Waals surface area contributed by atoms with Crippen molar-refractivity contribution in [2.24, 2.45) is 0 Å². The first kappa shape index (κ1) is 10.6. The first-order valence-corrected chi connectivity index (χ1v) is 6.76. The van der Waals surface area contributed by atoms with E-state index in [0.29, 0.717) is 0 Å². The van der Waals surface area contributed by atoms with Crippen molar-refractivity contribution >= 4 is 21.6 Å². The largest absolute Gasteiger partial charge is 0.368 e. The number of anilines is 1. The van der Waals surface area contributed by atoms with Crippen molar-refractivity contribution in [2.75, 3.05) is 25.0 Å². The molecule has 0 spiro atoms. The molecule has 2 aliphatic heterocycles. The molecule has 2 nitrogen and oxygen atoms in total. The zero-order valence-electron chi connectivity index (χ0n) is 9.56. The number of rotatable bonds is 1. The highest BCUT2D eigenvalue weighted by atomic mass is 79.9. The van der Waals surface area contributed by atoms with E-state index in [0.717, 1.165) is 16.6 Å². The van der Waals surface area contributed by atoms with Crippen LogP contribution >= 0.6 is 15.9 Å². The zero-order valence-corrected chi connectivity index (χ0v) is 11.2. The second kappa shape index (κ2) is 4.04. The molecule has 0 N–H and O–H groups in total. The number of likely N-dealkylation sites (N-methyl/N-ethyl adjacent to an activating group) is 1. The summed E-state index contributed by atoms with van der Waals surface area (Å²) in [4.78, 5) is 5.10. The van der Waals surface area contributed by atoms with Crippen LogP contribution in [0.15, 0.2) is 28.7 Å². The molecular weight excluding hydrogens is 264 g/mol. The Morgan fingerprint density at radius 2 is 1.62 bits per heavy atom. The molecule has 1 aromatic rings. The summed E-state index contributed by atoms with van der Waals surface area (Å²) in [5.41, 5.74) is 1.37. The zero-order chi connectivity index (χ0) is 11.1. The predicted molar refractivity (Wildman–Crippen MR) is 70.9 cm³/mol. The van der Waals surface area contributed by atoms with Crippen molar-refractivity contribution in [3.8, 4) is 0 Å². The van der Waals surface area contributed by atoms with Gasteiger partial charge in [0.2, 0.25) is 0 Å². The van der Waals surface area contributed by atoms with Gasteiger partial charge in [0.05, 0.1) is 0 Å². The monoisotopic (exact) mass is 280 g/mol.